The molecule has 0 unspecified atom stereocenters. The van der Waals surface area contributed by atoms with Gasteiger partial charge in [-0.05, 0) is 31.5 Å². The highest BCUT2D eigenvalue weighted by molar-refractivity contribution is 5.87. The smallest absolute Gasteiger partial charge is 0.333 e. The first-order chi connectivity index (χ1) is 15.8. The molecule has 0 saturated carbocycles. The van der Waals surface area contributed by atoms with E-state index in [9.17, 15) is 9.90 Å². The number of hydrogen-bond acceptors (Lipinski definition) is 8. The van der Waals surface area contributed by atoms with Crippen LogP contribution in [0.3, 0.4) is 0 Å². The third-order valence-electron chi connectivity index (χ3n) is 3.94. The number of phenolic OH excluding ortho intramolecular Hbond substituents is 1. The van der Waals surface area contributed by atoms with Crippen LogP contribution in [0.25, 0.3) is 0 Å². The highest BCUT2D eigenvalue weighted by atomic mass is 16.5. The molecule has 0 saturated heterocycles. The Labute approximate surface area is 196 Å². The van der Waals surface area contributed by atoms with E-state index in [1.165, 1.54) is 21.3 Å². The van der Waals surface area contributed by atoms with Gasteiger partial charge in [-0.25, -0.2) is 4.79 Å². The summed E-state index contributed by atoms with van der Waals surface area (Å²) in [7, 11) is 4.51. The molecule has 182 valence electrons. The van der Waals surface area contributed by atoms with Crippen LogP contribution in [0.15, 0.2) is 46.6 Å². The lowest BCUT2D eigenvalue weighted by Crippen LogP contribution is -2.05. The number of aromatic hydroxyl groups is 1. The molecule has 0 spiro atoms. The number of benzene rings is 2. The summed E-state index contributed by atoms with van der Waals surface area (Å²) in [5.74, 6) is 0.644. The largest absolute Gasteiger partial charge is 0.505 e. The van der Waals surface area contributed by atoms with Crippen molar-refractivity contribution in [3.8, 4) is 23.0 Å². The monoisotopic (exact) mass is 460 g/mol. The van der Waals surface area contributed by atoms with E-state index < -0.39 is 5.97 Å². The number of carbonyl (C=O) groups is 1. The highest BCUT2D eigenvalue weighted by Crippen LogP contribution is 2.41. The zero-order valence-electron chi connectivity index (χ0n) is 21.1. The van der Waals surface area contributed by atoms with E-state index in [4.69, 9.17) is 18.9 Å². The van der Waals surface area contributed by atoms with Gasteiger partial charge < -0.3 is 24.1 Å². The normalized spacial score (nSPS) is 9.73. The predicted octanol–water partition coefficient (Wildman–Crippen LogP) is 6.81. The summed E-state index contributed by atoms with van der Waals surface area (Å²) < 4.78 is 21.0. The van der Waals surface area contributed by atoms with Crippen molar-refractivity contribution in [1.29, 1.82) is 0 Å². The maximum atomic E-state index is 11.6. The number of nitrogens with zero attached hydrogens (tertiary/aromatic N) is 2. The Balaban J connectivity index is 0.00000242. The second kappa shape index (κ2) is 15.3. The van der Waals surface area contributed by atoms with Gasteiger partial charge in [0.1, 0.15) is 18.0 Å². The van der Waals surface area contributed by atoms with Crippen molar-refractivity contribution in [2.45, 2.75) is 48.1 Å². The SMILES string of the molecule is C=C(C)C(=O)OCc1cc(C)cc(N=Nc2cc(OC)c(OC)c(OC)c2)c1O.CC.CC. The van der Waals surface area contributed by atoms with E-state index in [-0.39, 0.29) is 23.6 Å². The van der Waals surface area contributed by atoms with Gasteiger partial charge in [0, 0.05) is 23.3 Å². The second-order valence-corrected chi connectivity index (χ2v) is 6.23. The number of hydrogen-bond donors (Lipinski definition) is 1. The van der Waals surface area contributed by atoms with Crippen molar-refractivity contribution < 1.29 is 28.8 Å². The first-order valence-corrected chi connectivity index (χ1v) is 10.7. The molecule has 1 N–H and O–H groups in total. The van der Waals surface area contributed by atoms with Crippen molar-refractivity contribution in [1.82, 2.24) is 0 Å². The molecule has 0 atom stereocenters. The summed E-state index contributed by atoms with van der Waals surface area (Å²) in [5, 5.41) is 18.8. The molecule has 0 fully saturated rings. The molecule has 8 nitrogen and oxygen atoms in total. The number of aryl methyl sites for hydroxylation is 1. The molecule has 8 heteroatoms. The minimum atomic E-state index is -0.536. The van der Waals surface area contributed by atoms with Crippen molar-refractivity contribution in [3.63, 3.8) is 0 Å². The molecule has 33 heavy (non-hydrogen) atoms. The van der Waals surface area contributed by atoms with Gasteiger partial charge >= 0.3 is 5.97 Å². The topological polar surface area (TPSA) is 98.9 Å². The van der Waals surface area contributed by atoms with E-state index in [1.807, 2.05) is 34.6 Å². The van der Waals surface area contributed by atoms with Crippen molar-refractivity contribution in [3.05, 3.63) is 47.5 Å². The zero-order valence-corrected chi connectivity index (χ0v) is 21.1. The van der Waals surface area contributed by atoms with Crippen LogP contribution in [0.1, 0.15) is 45.7 Å². The van der Waals surface area contributed by atoms with Gasteiger partial charge in [-0.3, -0.25) is 0 Å². The molecule has 0 radical (unpaired) electrons. The predicted molar refractivity (Wildman–Crippen MR) is 130 cm³/mol. The van der Waals surface area contributed by atoms with Crippen molar-refractivity contribution in [2.24, 2.45) is 10.2 Å². The van der Waals surface area contributed by atoms with Gasteiger partial charge in [-0.15, -0.1) is 5.11 Å². The number of methoxy groups -OCH3 is 3. The molecular weight excluding hydrogens is 424 g/mol. The minimum Gasteiger partial charge on any atom is -0.505 e. The summed E-state index contributed by atoms with van der Waals surface area (Å²) in [6.07, 6.45) is 0. The second-order valence-electron chi connectivity index (χ2n) is 6.23. The fraction of sp³-hybridized carbons (Fsp3) is 0.400. The van der Waals surface area contributed by atoms with Gasteiger partial charge in [0.25, 0.3) is 0 Å². The summed E-state index contributed by atoms with van der Waals surface area (Å²) in [4.78, 5) is 11.6. The molecule has 0 aliphatic carbocycles. The van der Waals surface area contributed by atoms with E-state index in [1.54, 1.807) is 31.2 Å². The minimum absolute atomic E-state index is 0.105. The molecule has 2 rings (SSSR count). The molecule has 2 aromatic carbocycles. The molecule has 0 aromatic heterocycles. The highest BCUT2D eigenvalue weighted by Gasteiger charge is 2.14. The van der Waals surface area contributed by atoms with Gasteiger partial charge in [0.2, 0.25) is 5.75 Å². The third-order valence-corrected chi connectivity index (χ3v) is 3.94. The molecule has 0 bridgehead atoms. The van der Waals surface area contributed by atoms with Gasteiger partial charge in [0.15, 0.2) is 11.5 Å². The zero-order chi connectivity index (χ0) is 25.6. The first-order valence-electron chi connectivity index (χ1n) is 10.7. The molecule has 0 aliphatic heterocycles. The average Bonchev–Trinajstić information content (AvgIpc) is 2.84. The lowest BCUT2D eigenvalue weighted by atomic mass is 10.1. The molecular formula is C25H36N2O6. The van der Waals surface area contributed by atoms with E-state index in [2.05, 4.69) is 16.8 Å². The van der Waals surface area contributed by atoms with Crippen LogP contribution in [-0.2, 0) is 16.1 Å². The summed E-state index contributed by atoms with van der Waals surface area (Å²) in [5.41, 5.74) is 2.19. The van der Waals surface area contributed by atoms with E-state index in [0.717, 1.165) is 5.56 Å². The number of ether oxygens (including phenoxy) is 4. The molecule has 0 aliphatic rings. The lowest BCUT2D eigenvalue weighted by Gasteiger charge is -2.12. The van der Waals surface area contributed by atoms with Crippen LogP contribution in [0.5, 0.6) is 23.0 Å². The van der Waals surface area contributed by atoms with Crippen LogP contribution >= 0.6 is 0 Å². The van der Waals surface area contributed by atoms with Crippen LogP contribution in [0, 0.1) is 6.92 Å². The Hall–Kier alpha value is -3.55. The maximum absolute atomic E-state index is 11.6. The third kappa shape index (κ3) is 8.48. The fourth-order valence-electron chi connectivity index (χ4n) is 2.52. The van der Waals surface area contributed by atoms with Gasteiger partial charge in [-0.1, -0.05) is 34.3 Å². The van der Waals surface area contributed by atoms with Crippen LogP contribution in [-0.4, -0.2) is 32.4 Å². The Bertz CT molecular complexity index is 929. The molecule has 2 aromatic rings. The standard InChI is InChI=1S/C21H24N2O6.2C2H6/c1-12(2)21(25)29-11-14-7-13(3)8-16(19(14)24)23-22-15-9-17(26-4)20(28-6)18(10-15)27-5;2*1-2/h7-10,24H,1,11H2,2-6H3;2*1-2H3. The summed E-state index contributed by atoms with van der Waals surface area (Å²) in [6.45, 7) is 14.8. The average molecular weight is 461 g/mol. The van der Waals surface area contributed by atoms with Crippen molar-refractivity contribution >= 4 is 17.3 Å². The molecule has 0 heterocycles. The lowest BCUT2D eigenvalue weighted by molar-refractivity contribution is -0.140. The Morgan fingerprint density at radius 3 is 1.94 bits per heavy atom. The Morgan fingerprint density at radius 2 is 1.48 bits per heavy atom. The van der Waals surface area contributed by atoms with Crippen molar-refractivity contribution in [2.75, 3.05) is 21.3 Å². The van der Waals surface area contributed by atoms with E-state index >= 15 is 0 Å². The van der Waals surface area contributed by atoms with Gasteiger partial charge in [-0.2, -0.15) is 5.11 Å². The quantitative estimate of drug-likeness (QED) is 0.264. The number of esters is 1. The summed E-state index contributed by atoms with van der Waals surface area (Å²) in [6, 6.07) is 6.64. The van der Waals surface area contributed by atoms with Crippen LogP contribution in [0.2, 0.25) is 0 Å². The number of azo groups is 1. The molecule has 0 amide bonds. The Morgan fingerprint density at radius 1 is 0.939 bits per heavy atom. The number of carbonyl (C=O) groups excluding carboxylic acids is 1. The Kier molecular flexibility index (Phi) is 13.6. The van der Waals surface area contributed by atoms with Crippen LogP contribution < -0.4 is 14.2 Å². The number of rotatable bonds is 8. The summed E-state index contributed by atoms with van der Waals surface area (Å²) >= 11 is 0. The van der Waals surface area contributed by atoms with E-state index in [0.29, 0.717) is 28.5 Å². The fourth-order valence-corrected chi connectivity index (χ4v) is 2.52. The first kappa shape index (κ1) is 29.5. The number of phenols is 1. The van der Waals surface area contributed by atoms with Crippen LogP contribution in [0.4, 0.5) is 11.4 Å². The van der Waals surface area contributed by atoms with Gasteiger partial charge in [0.05, 0.1) is 27.0 Å². The maximum Gasteiger partial charge on any atom is 0.333 e.